The van der Waals surface area contributed by atoms with Gasteiger partial charge in [-0.1, -0.05) is 44.7 Å². The minimum absolute atomic E-state index is 0.939. The van der Waals surface area contributed by atoms with E-state index in [1.807, 2.05) is 19.9 Å². The first-order chi connectivity index (χ1) is 5.88. The van der Waals surface area contributed by atoms with Gasteiger partial charge >= 0.3 is 0 Å². The first-order valence-electron chi connectivity index (χ1n) is 4.39. The first-order valence-corrected chi connectivity index (χ1v) is 4.39. The van der Waals surface area contributed by atoms with Crippen LogP contribution in [0.25, 0.3) is 5.70 Å². The van der Waals surface area contributed by atoms with Gasteiger partial charge in [0, 0.05) is 17.8 Å². The highest BCUT2D eigenvalue weighted by molar-refractivity contribution is 5.68. The van der Waals surface area contributed by atoms with Crippen LogP contribution in [0, 0.1) is 0 Å². The molecule has 1 aliphatic heterocycles. The molecule has 1 N–H and O–H groups in total. The van der Waals surface area contributed by atoms with E-state index in [-0.39, 0.29) is 0 Å². The van der Waals surface area contributed by atoms with Crippen LogP contribution in [0.5, 0.6) is 0 Å². The standard InChI is InChI=1S/C9H9N.C2H6/c1-7-9-5-3-2-4-8(9)6-10-7;1-2/h2-5,10H,1,6H2;1-2H3. The highest BCUT2D eigenvalue weighted by Crippen LogP contribution is 2.21. The van der Waals surface area contributed by atoms with Crippen LogP contribution >= 0.6 is 0 Å². The molecule has 0 unspecified atom stereocenters. The summed E-state index contributed by atoms with van der Waals surface area (Å²) in [5.41, 5.74) is 3.67. The third-order valence-electron chi connectivity index (χ3n) is 1.83. The Hall–Kier alpha value is -1.24. The van der Waals surface area contributed by atoms with Gasteiger partial charge in [-0.25, -0.2) is 0 Å². The van der Waals surface area contributed by atoms with Crippen molar-refractivity contribution in [3.63, 3.8) is 0 Å². The zero-order chi connectivity index (χ0) is 8.97. The second-order valence-corrected chi connectivity index (χ2v) is 2.49. The Kier molecular flexibility index (Phi) is 2.92. The number of fused-ring (bicyclic) bond motifs is 1. The van der Waals surface area contributed by atoms with E-state index in [1.54, 1.807) is 0 Å². The van der Waals surface area contributed by atoms with Gasteiger partial charge in [0.2, 0.25) is 0 Å². The molecule has 64 valence electrons. The molecule has 1 heterocycles. The largest absolute Gasteiger partial charge is 0.381 e. The second-order valence-electron chi connectivity index (χ2n) is 2.49. The van der Waals surface area contributed by atoms with Crippen LogP contribution in [0.1, 0.15) is 25.0 Å². The Balaban J connectivity index is 0.000000336. The van der Waals surface area contributed by atoms with Crippen molar-refractivity contribution < 1.29 is 0 Å². The molecular formula is C11H15N. The third-order valence-corrected chi connectivity index (χ3v) is 1.83. The van der Waals surface area contributed by atoms with Crippen LogP contribution in [0.2, 0.25) is 0 Å². The van der Waals surface area contributed by atoms with Crippen molar-refractivity contribution in [1.29, 1.82) is 0 Å². The topological polar surface area (TPSA) is 12.0 Å². The van der Waals surface area contributed by atoms with E-state index in [0.29, 0.717) is 0 Å². The monoisotopic (exact) mass is 161 g/mol. The van der Waals surface area contributed by atoms with Crippen LogP contribution < -0.4 is 5.32 Å². The lowest BCUT2D eigenvalue weighted by molar-refractivity contribution is 0.946. The van der Waals surface area contributed by atoms with E-state index in [9.17, 15) is 0 Å². The summed E-state index contributed by atoms with van der Waals surface area (Å²) in [5.74, 6) is 0. The molecular weight excluding hydrogens is 146 g/mol. The molecule has 0 spiro atoms. The molecule has 0 amide bonds. The molecule has 1 aromatic carbocycles. The zero-order valence-electron chi connectivity index (χ0n) is 7.72. The smallest absolute Gasteiger partial charge is 0.0407 e. The second kappa shape index (κ2) is 3.96. The predicted octanol–water partition coefficient (Wildman–Crippen LogP) is 2.79. The summed E-state index contributed by atoms with van der Waals surface area (Å²) in [6, 6.07) is 8.31. The maximum Gasteiger partial charge on any atom is 0.0407 e. The molecule has 0 bridgehead atoms. The van der Waals surface area contributed by atoms with E-state index >= 15 is 0 Å². The quantitative estimate of drug-likeness (QED) is 0.617. The Morgan fingerprint density at radius 3 is 2.58 bits per heavy atom. The summed E-state index contributed by atoms with van der Waals surface area (Å²) in [4.78, 5) is 0. The van der Waals surface area contributed by atoms with Gasteiger partial charge in [-0.15, -0.1) is 0 Å². The number of benzene rings is 1. The predicted molar refractivity (Wildman–Crippen MR) is 53.7 cm³/mol. The van der Waals surface area contributed by atoms with Crippen molar-refractivity contribution in [2.45, 2.75) is 20.4 Å². The molecule has 1 nitrogen and oxygen atoms in total. The van der Waals surface area contributed by atoms with Crippen molar-refractivity contribution in [1.82, 2.24) is 5.32 Å². The minimum atomic E-state index is 0.939. The van der Waals surface area contributed by atoms with Crippen LogP contribution in [0.4, 0.5) is 0 Å². The average Bonchev–Trinajstić information content (AvgIpc) is 2.53. The lowest BCUT2D eigenvalue weighted by Gasteiger charge is -1.94. The summed E-state index contributed by atoms with van der Waals surface area (Å²) in [6.45, 7) is 8.82. The van der Waals surface area contributed by atoms with Gasteiger partial charge in [0.05, 0.1) is 0 Å². The number of nitrogens with one attached hydrogen (secondary N) is 1. The summed E-state index contributed by atoms with van der Waals surface area (Å²) >= 11 is 0. The molecule has 0 aliphatic carbocycles. The molecule has 0 fully saturated rings. The Bertz CT molecular complexity index is 276. The van der Waals surface area contributed by atoms with Crippen molar-refractivity contribution >= 4 is 5.70 Å². The zero-order valence-corrected chi connectivity index (χ0v) is 7.72. The molecule has 12 heavy (non-hydrogen) atoms. The fourth-order valence-corrected chi connectivity index (χ4v) is 1.27. The fraction of sp³-hybridized carbons (Fsp3) is 0.273. The molecule has 0 aromatic heterocycles. The average molecular weight is 161 g/mol. The highest BCUT2D eigenvalue weighted by atomic mass is 14.9. The SMILES string of the molecule is C=C1NCc2ccccc21.CC. The highest BCUT2D eigenvalue weighted by Gasteiger charge is 2.10. The van der Waals surface area contributed by atoms with E-state index in [1.165, 1.54) is 11.1 Å². The van der Waals surface area contributed by atoms with Crippen molar-refractivity contribution in [3.05, 3.63) is 42.0 Å². The van der Waals surface area contributed by atoms with E-state index in [0.717, 1.165) is 12.2 Å². The normalized spacial score (nSPS) is 12.7. The molecule has 0 saturated heterocycles. The maximum atomic E-state index is 3.88. The lowest BCUT2D eigenvalue weighted by Crippen LogP contribution is -1.98. The molecule has 0 radical (unpaired) electrons. The maximum absolute atomic E-state index is 3.88. The molecule has 2 rings (SSSR count). The summed E-state index contributed by atoms with van der Waals surface area (Å²) in [7, 11) is 0. The van der Waals surface area contributed by atoms with Gasteiger partial charge in [0.1, 0.15) is 0 Å². The third kappa shape index (κ3) is 1.50. The van der Waals surface area contributed by atoms with Crippen molar-refractivity contribution in [2.24, 2.45) is 0 Å². The Morgan fingerprint density at radius 1 is 1.25 bits per heavy atom. The van der Waals surface area contributed by atoms with Gasteiger partial charge < -0.3 is 5.32 Å². The van der Waals surface area contributed by atoms with Crippen molar-refractivity contribution in [2.75, 3.05) is 0 Å². The number of hydrogen-bond acceptors (Lipinski definition) is 1. The van der Waals surface area contributed by atoms with Gasteiger partial charge in [-0.3, -0.25) is 0 Å². The fourth-order valence-electron chi connectivity index (χ4n) is 1.27. The Labute approximate surface area is 74.1 Å². The summed E-state index contributed by atoms with van der Waals surface area (Å²) in [5, 5.41) is 3.19. The first kappa shape index (κ1) is 8.85. The number of rotatable bonds is 0. The molecule has 0 saturated carbocycles. The number of hydrogen-bond donors (Lipinski definition) is 1. The van der Waals surface area contributed by atoms with E-state index < -0.39 is 0 Å². The van der Waals surface area contributed by atoms with Gasteiger partial charge in [-0.05, 0) is 5.56 Å². The van der Waals surface area contributed by atoms with E-state index in [4.69, 9.17) is 0 Å². The van der Waals surface area contributed by atoms with Gasteiger partial charge in [0.25, 0.3) is 0 Å². The van der Waals surface area contributed by atoms with Crippen molar-refractivity contribution in [3.8, 4) is 0 Å². The van der Waals surface area contributed by atoms with E-state index in [2.05, 4.69) is 30.1 Å². The van der Waals surface area contributed by atoms with Gasteiger partial charge in [0.15, 0.2) is 0 Å². The van der Waals surface area contributed by atoms with Crippen LogP contribution in [0.3, 0.4) is 0 Å². The van der Waals surface area contributed by atoms with Gasteiger partial charge in [-0.2, -0.15) is 0 Å². The molecule has 1 heteroatoms. The van der Waals surface area contributed by atoms with Crippen LogP contribution in [-0.2, 0) is 6.54 Å². The minimum Gasteiger partial charge on any atom is -0.381 e. The van der Waals surface area contributed by atoms with Crippen LogP contribution in [0.15, 0.2) is 30.8 Å². The molecule has 1 aliphatic rings. The lowest BCUT2D eigenvalue weighted by atomic mass is 10.1. The molecule has 1 aromatic rings. The Morgan fingerprint density at radius 2 is 1.92 bits per heavy atom. The summed E-state index contributed by atoms with van der Waals surface area (Å²) < 4.78 is 0. The summed E-state index contributed by atoms with van der Waals surface area (Å²) in [6.07, 6.45) is 0. The molecule has 0 atom stereocenters. The van der Waals surface area contributed by atoms with Crippen LogP contribution in [-0.4, -0.2) is 0 Å².